The molecule has 3 aromatic heterocycles. The van der Waals surface area contributed by atoms with Crippen LogP contribution in [0.5, 0.6) is 11.5 Å². The number of pyridine rings is 1. The van der Waals surface area contributed by atoms with Crippen LogP contribution in [0.3, 0.4) is 0 Å². The maximum absolute atomic E-state index is 6.59. The van der Waals surface area contributed by atoms with Crippen molar-refractivity contribution >= 4 is 55.7 Å². The number of anilines is 4. The first-order valence-corrected chi connectivity index (χ1v) is 19.0. The summed E-state index contributed by atoms with van der Waals surface area (Å²) in [5.74, 6) is 1.92. The van der Waals surface area contributed by atoms with E-state index < -0.39 is 0 Å². The van der Waals surface area contributed by atoms with Gasteiger partial charge in [-0.1, -0.05) is 115 Å². The van der Waals surface area contributed by atoms with Crippen LogP contribution in [0.15, 0.2) is 181 Å². The van der Waals surface area contributed by atoms with Gasteiger partial charge >= 0.3 is 0 Å². The molecule has 0 spiro atoms. The number of ether oxygens (including phenoxy) is 1. The van der Waals surface area contributed by atoms with E-state index in [0.29, 0.717) is 17.2 Å². The van der Waals surface area contributed by atoms with Crippen LogP contribution in [0.25, 0.3) is 61.0 Å². The van der Waals surface area contributed by atoms with Gasteiger partial charge in [-0.25, -0.2) is 0 Å². The van der Waals surface area contributed by atoms with E-state index in [-0.39, 0.29) is 21.1 Å². The second kappa shape index (κ2) is 14.6. The van der Waals surface area contributed by atoms with Gasteiger partial charge in [-0.05, 0) is 59.3 Å². The van der Waals surface area contributed by atoms with Gasteiger partial charge in [0.15, 0.2) is 0 Å². The van der Waals surface area contributed by atoms with Crippen molar-refractivity contribution < 1.29 is 30.2 Å². The second-order valence-electron chi connectivity index (χ2n) is 14.2. The van der Waals surface area contributed by atoms with E-state index in [0.717, 1.165) is 83.6 Å². The maximum atomic E-state index is 6.59. The quantitative estimate of drug-likeness (QED) is 0.149. The molecule has 0 bridgehead atoms. The van der Waals surface area contributed by atoms with Gasteiger partial charge in [-0.3, -0.25) is 0 Å². The first-order chi connectivity index (χ1) is 28.2. The standard InChI is InChI=1S/C51H33N4O2.Pt/c1-34-30-49(52-51-40(34)28-29-56-51)55-45-23-9-8-20-43(45)44-27-26-39(32-48(44)55)57-38-19-12-18-37(31-38)53-33-54(47-25-11-10-24-46(47)53)50-41(35-14-4-2-5-15-35)21-13-22-42(50)36-16-6-3-7-17-36;/h2-30,33H,1H3;/q-3;. The molecule has 0 radical (unpaired) electrons. The van der Waals surface area contributed by atoms with Crippen molar-refractivity contribution in [3.63, 3.8) is 0 Å². The fourth-order valence-electron chi connectivity index (χ4n) is 8.12. The molecule has 7 aromatic carbocycles. The Balaban J connectivity index is 0.00000408. The van der Waals surface area contributed by atoms with E-state index in [2.05, 4.69) is 180 Å². The molecule has 0 fully saturated rings. The molecule has 0 saturated carbocycles. The van der Waals surface area contributed by atoms with E-state index in [1.807, 2.05) is 30.3 Å². The summed E-state index contributed by atoms with van der Waals surface area (Å²) in [5, 5.41) is 3.17. The predicted octanol–water partition coefficient (Wildman–Crippen LogP) is 13.4. The molecule has 282 valence electrons. The molecule has 6 nitrogen and oxygen atoms in total. The van der Waals surface area contributed by atoms with Crippen molar-refractivity contribution in [2.24, 2.45) is 0 Å². The molecule has 7 heteroatoms. The largest absolute Gasteiger partial charge is 0.509 e. The van der Waals surface area contributed by atoms with Crippen LogP contribution in [0.1, 0.15) is 5.56 Å². The van der Waals surface area contributed by atoms with Gasteiger partial charge < -0.3 is 23.5 Å². The summed E-state index contributed by atoms with van der Waals surface area (Å²) in [6.45, 7) is 4.24. The number of benzene rings is 7. The number of hydrogen-bond donors (Lipinski definition) is 0. The maximum Gasteiger partial charge on any atom is 0.228 e. The average Bonchev–Trinajstić information content (AvgIpc) is 3.99. The zero-order valence-corrected chi connectivity index (χ0v) is 33.5. The Morgan fingerprint density at radius 3 is 2.00 bits per heavy atom. The minimum atomic E-state index is 0. The van der Waals surface area contributed by atoms with Crippen LogP contribution < -0.4 is 14.5 Å². The minimum absolute atomic E-state index is 0. The van der Waals surface area contributed by atoms with Crippen molar-refractivity contribution in [1.29, 1.82) is 0 Å². The number of nitrogens with zero attached hydrogens (tertiary/aromatic N) is 4. The topological polar surface area (TPSA) is 46.7 Å². The molecule has 11 rings (SSSR count). The fourth-order valence-corrected chi connectivity index (χ4v) is 8.12. The van der Waals surface area contributed by atoms with Crippen molar-refractivity contribution in [3.8, 4) is 39.6 Å². The molecular weight excluding hydrogens is 896 g/mol. The third-order valence-electron chi connectivity index (χ3n) is 10.7. The van der Waals surface area contributed by atoms with Crippen LogP contribution in [0.2, 0.25) is 0 Å². The van der Waals surface area contributed by atoms with Crippen LogP contribution in [-0.4, -0.2) is 9.55 Å². The molecule has 0 unspecified atom stereocenters. The van der Waals surface area contributed by atoms with Crippen LogP contribution in [0, 0.1) is 25.7 Å². The van der Waals surface area contributed by atoms with Gasteiger partial charge in [0.2, 0.25) is 5.71 Å². The molecule has 0 saturated heterocycles. The van der Waals surface area contributed by atoms with E-state index >= 15 is 0 Å². The Labute approximate surface area is 350 Å². The molecular formula is C51H33N4O2Pt-3. The van der Waals surface area contributed by atoms with Crippen molar-refractivity contribution in [2.45, 2.75) is 6.92 Å². The normalized spacial score (nSPS) is 12.3. The van der Waals surface area contributed by atoms with Crippen molar-refractivity contribution in [3.05, 3.63) is 200 Å². The van der Waals surface area contributed by atoms with Gasteiger partial charge in [0, 0.05) is 71.7 Å². The number of furan rings is 1. The Hall–Kier alpha value is -6.88. The summed E-state index contributed by atoms with van der Waals surface area (Å²) in [6.07, 6.45) is 1.69. The Kier molecular flexibility index (Phi) is 8.92. The summed E-state index contributed by atoms with van der Waals surface area (Å²) in [4.78, 5) is 9.40. The molecule has 0 aliphatic carbocycles. The monoisotopic (exact) mass is 928 g/mol. The van der Waals surface area contributed by atoms with Gasteiger partial charge in [-0.2, -0.15) is 17.1 Å². The summed E-state index contributed by atoms with van der Waals surface area (Å²) in [5.41, 5.74) is 12.2. The molecule has 10 aromatic rings. The van der Waals surface area contributed by atoms with E-state index in [4.69, 9.17) is 14.1 Å². The van der Waals surface area contributed by atoms with Gasteiger partial charge in [-0.15, -0.1) is 48.1 Å². The van der Waals surface area contributed by atoms with Crippen LogP contribution >= 0.6 is 0 Å². The summed E-state index contributed by atoms with van der Waals surface area (Å²) < 4.78 is 14.5. The first-order valence-electron chi connectivity index (χ1n) is 19.0. The van der Waals surface area contributed by atoms with Crippen molar-refractivity contribution in [1.82, 2.24) is 9.55 Å². The van der Waals surface area contributed by atoms with E-state index in [1.165, 1.54) is 0 Å². The number of aryl methyl sites for hydroxylation is 1. The number of fused-ring (bicyclic) bond motifs is 5. The Morgan fingerprint density at radius 1 is 0.586 bits per heavy atom. The molecule has 1 aliphatic heterocycles. The second-order valence-corrected chi connectivity index (χ2v) is 14.2. The smallest absolute Gasteiger partial charge is 0.228 e. The predicted molar refractivity (Wildman–Crippen MR) is 230 cm³/mol. The molecule has 4 heterocycles. The third kappa shape index (κ3) is 5.96. The van der Waals surface area contributed by atoms with Gasteiger partial charge in [0.1, 0.15) is 5.82 Å². The number of aromatic nitrogens is 2. The average molecular weight is 929 g/mol. The Bertz CT molecular complexity index is 3060. The van der Waals surface area contributed by atoms with Crippen LogP contribution in [0.4, 0.5) is 22.7 Å². The minimum Gasteiger partial charge on any atom is -0.509 e. The summed E-state index contributed by atoms with van der Waals surface area (Å²) in [6, 6.07) is 65.9. The number of hydrogen-bond acceptors (Lipinski definition) is 5. The zero-order chi connectivity index (χ0) is 37.9. The van der Waals surface area contributed by atoms with E-state index in [9.17, 15) is 0 Å². The molecule has 0 amide bonds. The van der Waals surface area contributed by atoms with E-state index in [1.54, 1.807) is 6.26 Å². The third-order valence-corrected chi connectivity index (χ3v) is 10.7. The zero-order valence-electron chi connectivity index (χ0n) is 31.2. The fraction of sp³-hybridized carbons (Fsp3) is 0.0196. The van der Waals surface area contributed by atoms with Crippen LogP contribution in [-0.2, 0) is 21.1 Å². The van der Waals surface area contributed by atoms with Gasteiger partial charge in [0.05, 0.1) is 6.26 Å². The molecule has 0 N–H and O–H groups in total. The molecule has 1 aliphatic rings. The van der Waals surface area contributed by atoms with Crippen molar-refractivity contribution in [2.75, 3.05) is 9.80 Å². The summed E-state index contributed by atoms with van der Waals surface area (Å²) >= 11 is 0. The van der Waals surface area contributed by atoms with Gasteiger partial charge in [0.25, 0.3) is 0 Å². The first kappa shape index (κ1) is 35.5. The number of rotatable bonds is 7. The molecule has 0 atom stereocenters. The Morgan fingerprint density at radius 2 is 1.24 bits per heavy atom. The molecule has 58 heavy (non-hydrogen) atoms. The number of para-hydroxylation sites is 4. The summed E-state index contributed by atoms with van der Waals surface area (Å²) in [7, 11) is 0. The SMILES string of the molecule is Cc1cc(-n2c3[c-]c(Oc4[c-]c(N5[CH-]N(c6c(-c7ccccc7)cccc6-c6ccccc6)c6ccccc65)ccc4)ccc3c3ccccc32)nc2occc12.[Pt].